The highest BCUT2D eigenvalue weighted by molar-refractivity contribution is 5.98. The number of nitrogens with one attached hydrogen (secondary N) is 1. The van der Waals surface area contributed by atoms with Gasteiger partial charge in [-0.3, -0.25) is 14.3 Å². The lowest BCUT2D eigenvalue weighted by Crippen LogP contribution is -2.42. The fraction of sp³-hybridized carbons (Fsp3) is 0.450. The first-order chi connectivity index (χ1) is 13.5. The van der Waals surface area contributed by atoms with Crippen molar-refractivity contribution >= 4 is 11.8 Å². The number of benzene rings is 1. The van der Waals surface area contributed by atoms with E-state index >= 15 is 0 Å². The standard InChI is InChI=1S/C20H24N4O4/c1-13-4-2-3-5-18(13)28-15-6-8-23(9-7-15)20(27)16-10-17-19(26)21-11-14(25)12-24(17)22-16/h2-5,10,14-15,25H,6-9,11-12H2,1H3,(H,21,26)/t14-/m1/s1. The zero-order chi connectivity index (χ0) is 19.7. The van der Waals surface area contributed by atoms with E-state index in [1.807, 2.05) is 31.2 Å². The summed E-state index contributed by atoms with van der Waals surface area (Å²) in [5.74, 6) is 0.361. The Bertz CT molecular complexity index is 886. The quantitative estimate of drug-likeness (QED) is 0.822. The molecule has 0 spiro atoms. The molecule has 0 saturated carbocycles. The number of fused-ring (bicyclic) bond motifs is 1. The zero-order valence-electron chi connectivity index (χ0n) is 15.8. The lowest BCUT2D eigenvalue weighted by Gasteiger charge is -2.32. The van der Waals surface area contributed by atoms with Gasteiger partial charge in [-0.25, -0.2) is 0 Å². The number of piperidine rings is 1. The minimum Gasteiger partial charge on any atom is -0.490 e. The summed E-state index contributed by atoms with van der Waals surface area (Å²) in [6, 6.07) is 9.42. The van der Waals surface area contributed by atoms with E-state index in [-0.39, 0.29) is 36.7 Å². The molecule has 2 aliphatic heterocycles. The molecule has 8 nitrogen and oxygen atoms in total. The molecule has 1 saturated heterocycles. The average Bonchev–Trinajstić information content (AvgIpc) is 3.06. The molecular weight excluding hydrogens is 360 g/mol. The molecule has 148 valence electrons. The van der Waals surface area contributed by atoms with Crippen molar-refractivity contribution in [3.63, 3.8) is 0 Å². The Balaban J connectivity index is 1.39. The third-order valence-corrected chi connectivity index (χ3v) is 5.23. The molecule has 3 heterocycles. The van der Waals surface area contributed by atoms with E-state index in [0.717, 1.165) is 24.2 Å². The van der Waals surface area contributed by atoms with Crippen molar-refractivity contribution in [3.05, 3.63) is 47.3 Å². The molecule has 2 N–H and O–H groups in total. The summed E-state index contributed by atoms with van der Waals surface area (Å²) in [4.78, 5) is 26.7. The highest BCUT2D eigenvalue weighted by atomic mass is 16.5. The van der Waals surface area contributed by atoms with Crippen molar-refractivity contribution < 1.29 is 19.4 Å². The first-order valence-electron chi connectivity index (χ1n) is 9.57. The van der Waals surface area contributed by atoms with Crippen molar-refractivity contribution in [1.29, 1.82) is 0 Å². The number of carbonyl (C=O) groups is 2. The van der Waals surface area contributed by atoms with Gasteiger partial charge in [0.05, 0.1) is 12.6 Å². The van der Waals surface area contributed by atoms with E-state index in [1.54, 1.807) is 4.90 Å². The van der Waals surface area contributed by atoms with E-state index in [4.69, 9.17) is 4.74 Å². The molecule has 1 aromatic carbocycles. The van der Waals surface area contributed by atoms with Crippen molar-refractivity contribution in [3.8, 4) is 5.75 Å². The Kier molecular flexibility index (Phi) is 5.04. The zero-order valence-corrected chi connectivity index (χ0v) is 15.8. The van der Waals surface area contributed by atoms with Gasteiger partial charge in [-0.05, 0) is 18.6 Å². The molecule has 2 amide bonds. The van der Waals surface area contributed by atoms with Gasteiger partial charge in [0.25, 0.3) is 11.8 Å². The van der Waals surface area contributed by atoms with Gasteiger partial charge in [-0.1, -0.05) is 18.2 Å². The summed E-state index contributed by atoms with van der Waals surface area (Å²) in [7, 11) is 0. The van der Waals surface area contributed by atoms with Gasteiger partial charge < -0.3 is 20.1 Å². The van der Waals surface area contributed by atoms with Crippen LogP contribution < -0.4 is 10.1 Å². The summed E-state index contributed by atoms with van der Waals surface area (Å²) in [5, 5.41) is 16.7. The van der Waals surface area contributed by atoms with Crippen LogP contribution in [0.15, 0.2) is 30.3 Å². The molecule has 1 atom stereocenters. The van der Waals surface area contributed by atoms with Crippen LogP contribution in [-0.2, 0) is 6.54 Å². The van der Waals surface area contributed by atoms with E-state index < -0.39 is 6.10 Å². The lowest BCUT2D eigenvalue weighted by molar-refractivity contribution is 0.0587. The molecule has 4 rings (SSSR count). The van der Waals surface area contributed by atoms with Crippen LogP contribution in [-0.4, -0.2) is 63.4 Å². The number of β-amino-alcohol motifs (C(OH)–C–C–N with tert-alkyl or cyclic N) is 1. The number of aromatic nitrogens is 2. The molecule has 0 bridgehead atoms. The lowest BCUT2D eigenvalue weighted by atomic mass is 10.1. The van der Waals surface area contributed by atoms with Crippen molar-refractivity contribution in [2.24, 2.45) is 0 Å². The number of hydrogen-bond donors (Lipinski definition) is 2. The number of rotatable bonds is 3. The molecular formula is C20H24N4O4. The Morgan fingerprint density at radius 3 is 2.79 bits per heavy atom. The predicted octanol–water partition coefficient (Wildman–Crippen LogP) is 0.979. The maximum absolute atomic E-state index is 12.8. The topological polar surface area (TPSA) is 96.7 Å². The SMILES string of the molecule is Cc1ccccc1OC1CCN(C(=O)c2cc3n(n2)C[C@H](O)CNC3=O)CC1. The van der Waals surface area contributed by atoms with Crippen LogP contribution in [0, 0.1) is 6.92 Å². The van der Waals surface area contributed by atoms with E-state index in [9.17, 15) is 14.7 Å². The van der Waals surface area contributed by atoms with Crippen LogP contribution in [0.3, 0.4) is 0 Å². The summed E-state index contributed by atoms with van der Waals surface area (Å²) >= 11 is 0. The molecule has 2 aliphatic rings. The summed E-state index contributed by atoms with van der Waals surface area (Å²) in [5.41, 5.74) is 1.64. The molecule has 0 radical (unpaired) electrons. The minimum absolute atomic E-state index is 0.0739. The van der Waals surface area contributed by atoms with Crippen molar-refractivity contribution in [1.82, 2.24) is 20.0 Å². The normalized spacial score (nSPS) is 20.3. The van der Waals surface area contributed by atoms with E-state index in [1.165, 1.54) is 10.7 Å². The van der Waals surface area contributed by atoms with Crippen LogP contribution >= 0.6 is 0 Å². The molecule has 0 unspecified atom stereocenters. The third kappa shape index (κ3) is 3.73. The van der Waals surface area contributed by atoms with Crippen molar-refractivity contribution in [2.75, 3.05) is 19.6 Å². The summed E-state index contributed by atoms with van der Waals surface area (Å²) in [6.45, 7) is 3.54. The average molecular weight is 384 g/mol. The number of carbonyl (C=O) groups excluding carboxylic acids is 2. The number of aliphatic hydroxyl groups excluding tert-OH is 1. The second kappa shape index (κ2) is 7.63. The number of aliphatic hydroxyl groups is 1. The van der Waals surface area contributed by atoms with Gasteiger partial charge in [0.1, 0.15) is 17.5 Å². The molecule has 1 fully saturated rings. The second-order valence-corrected chi connectivity index (χ2v) is 7.34. The highest BCUT2D eigenvalue weighted by Gasteiger charge is 2.29. The Morgan fingerprint density at radius 1 is 1.29 bits per heavy atom. The van der Waals surface area contributed by atoms with Crippen LogP contribution in [0.5, 0.6) is 5.75 Å². The highest BCUT2D eigenvalue weighted by Crippen LogP contribution is 2.23. The fourth-order valence-electron chi connectivity index (χ4n) is 3.62. The van der Waals surface area contributed by atoms with Gasteiger partial charge >= 0.3 is 0 Å². The van der Waals surface area contributed by atoms with Gasteiger partial charge in [-0.2, -0.15) is 5.10 Å². The minimum atomic E-state index is -0.720. The number of nitrogens with zero attached hydrogens (tertiary/aromatic N) is 3. The molecule has 8 heteroatoms. The predicted molar refractivity (Wildman–Crippen MR) is 101 cm³/mol. The summed E-state index contributed by atoms with van der Waals surface area (Å²) < 4.78 is 7.50. The monoisotopic (exact) mass is 384 g/mol. The number of para-hydroxylation sites is 1. The van der Waals surface area contributed by atoms with Gasteiger partial charge in [0.2, 0.25) is 0 Å². The second-order valence-electron chi connectivity index (χ2n) is 7.34. The number of likely N-dealkylation sites (tertiary alicyclic amines) is 1. The van der Waals surface area contributed by atoms with Crippen LogP contribution in [0.4, 0.5) is 0 Å². The van der Waals surface area contributed by atoms with Crippen LogP contribution in [0.1, 0.15) is 39.4 Å². The van der Waals surface area contributed by atoms with Crippen LogP contribution in [0.2, 0.25) is 0 Å². The fourth-order valence-corrected chi connectivity index (χ4v) is 3.62. The van der Waals surface area contributed by atoms with Gasteiger partial charge in [-0.15, -0.1) is 0 Å². The summed E-state index contributed by atoms with van der Waals surface area (Å²) in [6.07, 6.45) is 0.840. The largest absolute Gasteiger partial charge is 0.490 e. The molecule has 28 heavy (non-hydrogen) atoms. The van der Waals surface area contributed by atoms with E-state index in [0.29, 0.717) is 18.8 Å². The van der Waals surface area contributed by atoms with Gasteiger partial charge in [0.15, 0.2) is 5.69 Å². The third-order valence-electron chi connectivity index (χ3n) is 5.23. The first kappa shape index (κ1) is 18.5. The Hall–Kier alpha value is -2.87. The maximum atomic E-state index is 12.8. The molecule has 1 aromatic heterocycles. The van der Waals surface area contributed by atoms with E-state index in [2.05, 4.69) is 10.4 Å². The number of aryl methyl sites for hydroxylation is 1. The Labute approximate surface area is 163 Å². The maximum Gasteiger partial charge on any atom is 0.274 e. The van der Waals surface area contributed by atoms with Crippen LogP contribution in [0.25, 0.3) is 0 Å². The smallest absolute Gasteiger partial charge is 0.274 e. The van der Waals surface area contributed by atoms with Gasteiger partial charge in [0, 0.05) is 38.5 Å². The number of amides is 2. The number of ether oxygens (including phenoxy) is 1. The molecule has 2 aromatic rings. The Morgan fingerprint density at radius 2 is 2.04 bits per heavy atom. The first-order valence-corrected chi connectivity index (χ1v) is 9.57. The van der Waals surface area contributed by atoms with Crippen molar-refractivity contribution in [2.45, 2.75) is 38.5 Å². The number of hydrogen-bond acceptors (Lipinski definition) is 5. The molecule has 0 aliphatic carbocycles.